The average molecular weight is 1080 g/mol. The van der Waals surface area contributed by atoms with Crippen LogP contribution in [0.3, 0.4) is 0 Å². The van der Waals surface area contributed by atoms with Crippen molar-refractivity contribution in [2.45, 2.75) is 62.5 Å². The molecule has 0 aromatic heterocycles. The molecule has 0 aromatic carbocycles. The molecule has 4 amide bonds. The van der Waals surface area contributed by atoms with Crippen LogP contribution in [0.4, 0.5) is 0 Å². The monoisotopic (exact) mass is 1090 g/mol. The van der Waals surface area contributed by atoms with Crippen LogP contribution in [0.5, 0.6) is 0 Å². The molecule has 2 rings (SSSR count). The van der Waals surface area contributed by atoms with Crippen molar-refractivity contribution in [3.63, 3.8) is 0 Å². The molecule has 0 aliphatic carbocycles. The van der Waals surface area contributed by atoms with Crippen LogP contribution in [-0.4, -0.2) is 233 Å². The molecule has 2 heterocycles. The second kappa shape index (κ2) is 29.5. The maximum Gasteiger partial charge on any atom is 0 e. The topological polar surface area (TPSA) is 339 Å². The number of nitrogens with one attached hydrogen (secondary N) is 3. The van der Waals surface area contributed by atoms with Crippen molar-refractivity contribution < 1.29 is 140 Å². The molecular weight excluding hydrogens is 1030 g/mol. The van der Waals surface area contributed by atoms with E-state index in [1.807, 2.05) is 4.90 Å². The summed E-state index contributed by atoms with van der Waals surface area (Å²) in [5.74, 6) is -5.38. The predicted octanol–water partition coefficient (Wildman–Crippen LogP) is -9.66. The normalized spacial score (nSPS) is 19.7. The standard InChI is InChI=1S/C33H59IN9O14.Eu/c35-26(47)15-39-7-4-22(5-8-39)37-33(57)23(1-2-27(48)36-6-3-24(45)32(56)25(46)20-44)38-28(49)16-42-12-11-40(17-29(50)51)9-10-41(18-30(52)53)13-14-43(34-21-42)19-31(54)55;/h22-25,32,44-46,56H,1-21H2,(H2,35,47)(H,36,48)(H,37,57)(H,38,49)(H,50,51)(H,52,53)(H,54,55);/q-1;/t23-,24-,25-,32+;/m1./s1. The fraction of sp³-hybridized carbons (Fsp3) is 0.788. The number of primary amides is 1. The van der Waals surface area contributed by atoms with Crippen molar-refractivity contribution >= 4 is 41.5 Å². The molecule has 1 radical (unpaired) electrons. The average Bonchev–Trinajstić information content (AvgIpc) is 3.13. The second-order valence-corrected chi connectivity index (χ2v) is 16.7. The third-order valence-corrected chi connectivity index (χ3v) is 12.3. The smallest absolute Gasteiger partial charge is 0 e. The zero-order valence-corrected chi connectivity index (χ0v) is 36.9. The summed E-state index contributed by atoms with van der Waals surface area (Å²) < 4.78 is 1.99. The van der Waals surface area contributed by atoms with Crippen molar-refractivity contribution in [3.05, 3.63) is 0 Å². The van der Waals surface area contributed by atoms with Gasteiger partial charge in [-0.1, -0.05) is 0 Å². The first-order valence-electron chi connectivity index (χ1n) is 18.6. The van der Waals surface area contributed by atoms with E-state index in [1.54, 1.807) is 17.8 Å². The minimum absolute atomic E-state index is 0. The predicted molar refractivity (Wildman–Crippen MR) is 194 cm³/mol. The maximum absolute atomic E-state index is 13.6. The summed E-state index contributed by atoms with van der Waals surface area (Å²) in [7, 11) is 0. The fourth-order valence-electron chi connectivity index (χ4n) is 6.13. The number of aliphatic carboxylic acids is 3. The zero-order chi connectivity index (χ0) is 42.5. The number of alkyl halides is 1. The van der Waals surface area contributed by atoms with Crippen LogP contribution in [0.25, 0.3) is 0 Å². The number of hydrogen-bond donors (Lipinski definition) is 11. The molecular formula is C33H59EuIN9O14-. The molecule has 12 N–H and O–H groups in total. The van der Waals surface area contributed by atoms with Crippen LogP contribution in [0.2, 0.25) is 0 Å². The third kappa shape index (κ3) is 23.3. The minimum atomic E-state index is -1.63. The Hall–Kier alpha value is -1.76. The molecule has 2 saturated heterocycles. The number of aliphatic hydroxyl groups is 4. The first kappa shape index (κ1) is 54.3. The van der Waals surface area contributed by atoms with Gasteiger partial charge in [0.1, 0.15) is 12.2 Å². The molecule has 0 unspecified atom stereocenters. The number of carboxylic acid groups (broad SMARTS) is 3. The Kier molecular flexibility index (Phi) is 27.6. The van der Waals surface area contributed by atoms with Gasteiger partial charge in [-0.3, -0.25) is 4.79 Å². The maximum atomic E-state index is 13.6. The number of aliphatic hydroxyl groups excluding tert-OH is 4. The van der Waals surface area contributed by atoms with Crippen LogP contribution < -0.4 is 43.2 Å². The van der Waals surface area contributed by atoms with Crippen molar-refractivity contribution in [2.24, 2.45) is 5.73 Å². The van der Waals surface area contributed by atoms with E-state index in [2.05, 4.69) is 16.0 Å². The first-order valence-corrected chi connectivity index (χ1v) is 21.1. The Morgan fingerprint density at radius 1 is 0.672 bits per heavy atom. The fourth-order valence-corrected chi connectivity index (χ4v) is 8.66. The van der Waals surface area contributed by atoms with Crippen molar-refractivity contribution in [1.82, 2.24) is 38.7 Å². The summed E-state index contributed by atoms with van der Waals surface area (Å²) in [6.07, 6.45) is -4.13. The number of hydrogen-bond acceptors (Lipinski definition) is 16. The molecule has 0 saturated carbocycles. The Labute approximate surface area is 388 Å². The number of likely N-dealkylation sites (tertiary alicyclic amines) is 1. The summed E-state index contributed by atoms with van der Waals surface area (Å²) in [5.41, 5.74) is 5.30. The number of nitrogens with zero attached hydrogens (tertiary/aromatic N) is 5. The van der Waals surface area contributed by atoms with Gasteiger partial charge in [-0.15, -0.1) is 0 Å². The first-order chi connectivity index (χ1) is 26.9. The Morgan fingerprint density at radius 2 is 1.21 bits per heavy atom. The molecule has 0 bridgehead atoms. The number of halogens is 1. The van der Waals surface area contributed by atoms with Crippen molar-refractivity contribution in [1.29, 1.82) is 0 Å². The van der Waals surface area contributed by atoms with E-state index in [4.69, 9.17) is 10.8 Å². The van der Waals surface area contributed by atoms with Gasteiger partial charge in [0.15, 0.2) is 0 Å². The summed E-state index contributed by atoms with van der Waals surface area (Å²) >= 11 is -1.05. The number of carbonyl (C=O) groups excluding carboxylic acids is 4. The van der Waals surface area contributed by atoms with Gasteiger partial charge in [0, 0.05) is 49.4 Å². The van der Waals surface area contributed by atoms with E-state index in [0.29, 0.717) is 25.9 Å². The van der Waals surface area contributed by atoms with Gasteiger partial charge in [0.2, 0.25) is 5.91 Å². The van der Waals surface area contributed by atoms with Crippen LogP contribution in [0.15, 0.2) is 0 Å². The van der Waals surface area contributed by atoms with Crippen LogP contribution in [-0.2, 0) is 33.6 Å². The van der Waals surface area contributed by atoms with Crippen LogP contribution >= 0.6 is 0 Å². The molecule has 58 heavy (non-hydrogen) atoms. The van der Waals surface area contributed by atoms with Gasteiger partial charge in [-0.25, -0.2) is 0 Å². The molecule has 2 fully saturated rings. The van der Waals surface area contributed by atoms with Gasteiger partial charge in [0.25, 0.3) is 0 Å². The molecule has 4 atom stereocenters. The van der Waals surface area contributed by atoms with Gasteiger partial charge < -0.3 is 26.2 Å². The number of carbonyl (C=O) groups is 7. The van der Waals surface area contributed by atoms with Gasteiger partial charge in [-0.05, 0) is 0 Å². The molecule has 25 heteroatoms. The summed E-state index contributed by atoms with van der Waals surface area (Å²) in [4.78, 5) is 92.9. The van der Waals surface area contributed by atoms with E-state index < -0.39 is 94.0 Å². The molecule has 0 spiro atoms. The molecule has 335 valence electrons. The number of amides is 4. The minimum Gasteiger partial charge on any atom is 0 e. The van der Waals surface area contributed by atoms with Gasteiger partial charge in [0.05, 0.1) is 19.3 Å². The van der Waals surface area contributed by atoms with Gasteiger partial charge >= 0.3 is 274 Å². The summed E-state index contributed by atoms with van der Waals surface area (Å²) in [6, 6.07) is -1.46. The van der Waals surface area contributed by atoms with E-state index in [1.165, 1.54) is 0 Å². The largest absolute Gasteiger partial charge is 0 e. The molecule has 2 aliphatic heterocycles. The number of piperidine rings is 1. The van der Waals surface area contributed by atoms with Crippen molar-refractivity contribution in [2.75, 3.05) is 103 Å². The zero-order valence-electron chi connectivity index (χ0n) is 32.3. The van der Waals surface area contributed by atoms with Gasteiger partial charge in [-0.2, -0.15) is 0 Å². The molecule has 2 aliphatic rings. The molecule has 23 nitrogen and oxygen atoms in total. The quantitative estimate of drug-likeness (QED) is 0.0208. The second-order valence-electron chi connectivity index (χ2n) is 14.0. The number of rotatable bonds is 22. The Morgan fingerprint density at radius 3 is 1.74 bits per heavy atom. The van der Waals surface area contributed by atoms with Crippen LogP contribution in [0, 0.1) is 49.4 Å². The Bertz CT molecular complexity index is 1300. The van der Waals surface area contributed by atoms with E-state index in [9.17, 15) is 64.2 Å². The number of carboxylic acids is 3. The third-order valence-electron chi connectivity index (χ3n) is 9.27. The summed E-state index contributed by atoms with van der Waals surface area (Å²) in [6.45, 7) is 0.276. The number of nitrogens with two attached hydrogens (primary N) is 1. The van der Waals surface area contributed by atoms with Crippen LogP contribution in [0.1, 0.15) is 32.1 Å². The van der Waals surface area contributed by atoms with E-state index in [0.717, 1.165) is 0 Å². The Balaban J connectivity index is 0.0000168. The summed E-state index contributed by atoms with van der Waals surface area (Å²) in [5, 5.41) is 75.0. The molecule has 0 aromatic rings. The van der Waals surface area contributed by atoms with E-state index >= 15 is 0 Å². The SMILES string of the molecule is NC(=O)CN1CCC(NC(=O)[C@@H](CCC(=O)NCC[C@@H](O)[C@H](O)[C@H](O)CO)NC(=O)CN2CCN(CC(=O)O)CCN(CC(=O)O)CCN(CC(=O)O)[I-]C2)CC1.[Eu]. The van der Waals surface area contributed by atoms with Crippen molar-refractivity contribution in [3.8, 4) is 0 Å². The van der Waals surface area contributed by atoms with E-state index in [-0.39, 0.29) is 158 Å².